The van der Waals surface area contributed by atoms with Crippen LogP contribution in [-0.4, -0.2) is 59.6 Å². The van der Waals surface area contributed by atoms with E-state index >= 15 is 0 Å². The third-order valence-electron chi connectivity index (χ3n) is 4.52. The summed E-state index contributed by atoms with van der Waals surface area (Å²) in [6, 6.07) is 14.2. The number of para-hydroxylation sites is 2. The maximum absolute atomic E-state index is 12.4. The van der Waals surface area contributed by atoms with Crippen LogP contribution in [-0.2, 0) is 9.53 Å². The molecule has 3 aromatic rings. The summed E-state index contributed by atoms with van der Waals surface area (Å²) in [6.45, 7) is 2.26. The number of carbonyl (C=O) groups is 2. The quantitative estimate of drug-likeness (QED) is 0.715. The van der Waals surface area contributed by atoms with Crippen LogP contribution in [0.25, 0.3) is 11.0 Å². The molecule has 1 aliphatic rings. The van der Waals surface area contributed by atoms with Crippen LogP contribution < -0.4 is 10.1 Å². The summed E-state index contributed by atoms with van der Waals surface area (Å²) >= 11 is 0. The van der Waals surface area contributed by atoms with Gasteiger partial charge in [0.2, 0.25) is 0 Å². The van der Waals surface area contributed by atoms with E-state index in [-0.39, 0.29) is 24.1 Å². The van der Waals surface area contributed by atoms with E-state index < -0.39 is 0 Å². The lowest BCUT2D eigenvalue weighted by Gasteiger charge is -2.26. The number of morpholine rings is 1. The molecule has 148 valence electrons. The number of amides is 2. The Labute approximate surface area is 167 Å². The van der Waals surface area contributed by atoms with E-state index in [1.54, 1.807) is 29.2 Å². The Hall–Kier alpha value is -3.52. The van der Waals surface area contributed by atoms with Gasteiger partial charge in [0.15, 0.2) is 6.61 Å². The lowest BCUT2D eigenvalue weighted by molar-refractivity contribution is -0.137. The van der Waals surface area contributed by atoms with Crippen molar-refractivity contribution in [3.05, 3.63) is 60.4 Å². The Bertz CT molecular complexity index is 1020. The highest BCUT2D eigenvalue weighted by molar-refractivity contribution is 6.03. The fraction of sp³-hybridized carbons (Fsp3) is 0.238. The number of hydrogen-bond donors (Lipinski definition) is 1. The highest BCUT2D eigenvalue weighted by atomic mass is 16.5. The highest BCUT2D eigenvalue weighted by Gasteiger charge is 2.17. The summed E-state index contributed by atoms with van der Waals surface area (Å²) in [5.41, 5.74) is 2.22. The largest absolute Gasteiger partial charge is 0.484 e. The van der Waals surface area contributed by atoms with Gasteiger partial charge in [0.25, 0.3) is 11.8 Å². The molecule has 0 atom stereocenters. The molecule has 1 aromatic heterocycles. The molecule has 2 amide bonds. The van der Waals surface area contributed by atoms with E-state index in [0.29, 0.717) is 43.3 Å². The first-order valence-electron chi connectivity index (χ1n) is 9.30. The second kappa shape index (κ2) is 8.66. The Morgan fingerprint density at radius 1 is 1.03 bits per heavy atom. The van der Waals surface area contributed by atoms with Crippen molar-refractivity contribution < 1.29 is 19.1 Å². The van der Waals surface area contributed by atoms with Gasteiger partial charge in [-0.15, -0.1) is 0 Å². The first-order valence-corrected chi connectivity index (χ1v) is 9.30. The third-order valence-corrected chi connectivity index (χ3v) is 4.52. The standard InChI is InChI=1S/C21H20N4O4/c26-20(25-9-11-28-12-10-25)14-29-16-7-5-15(6-8-16)23-21(27)19-13-22-17-3-1-2-4-18(17)24-19/h1-8,13H,9-12,14H2,(H,23,27). The number of rotatable bonds is 5. The van der Waals surface area contributed by atoms with E-state index in [2.05, 4.69) is 15.3 Å². The van der Waals surface area contributed by atoms with Gasteiger partial charge >= 0.3 is 0 Å². The van der Waals surface area contributed by atoms with Crippen molar-refractivity contribution in [2.45, 2.75) is 0 Å². The van der Waals surface area contributed by atoms with Crippen molar-refractivity contribution in [3.63, 3.8) is 0 Å². The second-order valence-electron chi connectivity index (χ2n) is 6.50. The van der Waals surface area contributed by atoms with Crippen molar-refractivity contribution >= 4 is 28.5 Å². The minimum atomic E-state index is -0.348. The van der Waals surface area contributed by atoms with Gasteiger partial charge in [-0.3, -0.25) is 14.6 Å². The Kier molecular flexibility index (Phi) is 5.62. The first kappa shape index (κ1) is 18.8. The molecule has 2 heterocycles. The minimum Gasteiger partial charge on any atom is -0.484 e. The summed E-state index contributed by atoms with van der Waals surface area (Å²) in [5, 5.41) is 2.78. The van der Waals surface area contributed by atoms with Gasteiger partial charge < -0.3 is 19.7 Å². The molecule has 0 unspecified atom stereocenters. The molecule has 1 fully saturated rings. The number of hydrogen-bond acceptors (Lipinski definition) is 6. The zero-order valence-electron chi connectivity index (χ0n) is 15.7. The number of nitrogens with one attached hydrogen (secondary N) is 1. The molecule has 1 aliphatic heterocycles. The van der Waals surface area contributed by atoms with Crippen LogP contribution in [0.3, 0.4) is 0 Å². The zero-order valence-corrected chi connectivity index (χ0v) is 15.7. The average molecular weight is 392 g/mol. The predicted molar refractivity (Wildman–Crippen MR) is 107 cm³/mol. The molecule has 0 spiro atoms. The first-order chi connectivity index (χ1) is 14.2. The predicted octanol–water partition coefficient (Wildman–Crippen LogP) is 2.12. The van der Waals surface area contributed by atoms with Crippen LogP contribution in [0.1, 0.15) is 10.5 Å². The molecular formula is C21H20N4O4. The maximum Gasteiger partial charge on any atom is 0.275 e. The number of nitrogens with zero attached hydrogens (tertiary/aromatic N) is 3. The zero-order chi connectivity index (χ0) is 20.1. The van der Waals surface area contributed by atoms with Gasteiger partial charge in [-0.05, 0) is 36.4 Å². The average Bonchev–Trinajstić information content (AvgIpc) is 2.78. The monoisotopic (exact) mass is 392 g/mol. The molecule has 4 rings (SSSR count). The lowest BCUT2D eigenvalue weighted by atomic mass is 10.2. The molecule has 0 saturated carbocycles. The molecule has 29 heavy (non-hydrogen) atoms. The number of ether oxygens (including phenoxy) is 2. The summed E-state index contributed by atoms with van der Waals surface area (Å²) in [5.74, 6) is 0.134. The Balaban J connectivity index is 1.33. The van der Waals surface area contributed by atoms with Crippen LogP contribution in [0.5, 0.6) is 5.75 Å². The van der Waals surface area contributed by atoms with Crippen LogP contribution in [0.15, 0.2) is 54.7 Å². The van der Waals surface area contributed by atoms with Gasteiger partial charge in [0.05, 0.1) is 30.4 Å². The summed E-state index contributed by atoms with van der Waals surface area (Å²) in [4.78, 5) is 34.8. The van der Waals surface area contributed by atoms with E-state index in [9.17, 15) is 9.59 Å². The van der Waals surface area contributed by atoms with Crippen LogP contribution in [0, 0.1) is 0 Å². The van der Waals surface area contributed by atoms with E-state index in [4.69, 9.17) is 9.47 Å². The van der Waals surface area contributed by atoms with Crippen molar-refractivity contribution in [3.8, 4) is 5.75 Å². The van der Waals surface area contributed by atoms with Crippen molar-refractivity contribution in [2.24, 2.45) is 0 Å². The van der Waals surface area contributed by atoms with Crippen molar-refractivity contribution in [1.82, 2.24) is 14.9 Å². The van der Waals surface area contributed by atoms with E-state index in [0.717, 1.165) is 5.52 Å². The number of aromatic nitrogens is 2. The number of benzene rings is 2. The van der Waals surface area contributed by atoms with Gasteiger partial charge in [-0.25, -0.2) is 4.98 Å². The fourth-order valence-corrected chi connectivity index (χ4v) is 2.95. The molecule has 2 aromatic carbocycles. The number of carbonyl (C=O) groups excluding carboxylic acids is 2. The lowest BCUT2D eigenvalue weighted by Crippen LogP contribution is -2.42. The van der Waals surface area contributed by atoms with Gasteiger partial charge in [-0.1, -0.05) is 12.1 Å². The SMILES string of the molecule is O=C(Nc1ccc(OCC(=O)N2CCOCC2)cc1)c1cnc2ccccc2n1. The summed E-state index contributed by atoms with van der Waals surface area (Å²) in [6.07, 6.45) is 1.45. The minimum absolute atomic E-state index is 0.0294. The van der Waals surface area contributed by atoms with Gasteiger partial charge in [-0.2, -0.15) is 0 Å². The summed E-state index contributed by atoms with van der Waals surface area (Å²) in [7, 11) is 0. The number of fused-ring (bicyclic) bond motifs is 1. The molecule has 0 bridgehead atoms. The molecular weight excluding hydrogens is 372 g/mol. The molecule has 1 N–H and O–H groups in total. The van der Waals surface area contributed by atoms with Crippen molar-refractivity contribution in [1.29, 1.82) is 0 Å². The normalized spacial score (nSPS) is 13.9. The molecule has 0 aliphatic carbocycles. The molecule has 0 radical (unpaired) electrons. The van der Waals surface area contributed by atoms with Crippen molar-refractivity contribution in [2.75, 3.05) is 38.2 Å². The smallest absolute Gasteiger partial charge is 0.275 e. The molecule has 1 saturated heterocycles. The van der Waals surface area contributed by atoms with Gasteiger partial charge in [0, 0.05) is 18.8 Å². The highest BCUT2D eigenvalue weighted by Crippen LogP contribution is 2.17. The molecule has 8 heteroatoms. The molecule has 8 nitrogen and oxygen atoms in total. The fourth-order valence-electron chi connectivity index (χ4n) is 2.95. The number of anilines is 1. The maximum atomic E-state index is 12.4. The third kappa shape index (κ3) is 4.67. The Morgan fingerprint density at radius 3 is 2.52 bits per heavy atom. The Morgan fingerprint density at radius 2 is 1.76 bits per heavy atom. The topological polar surface area (TPSA) is 93.7 Å². The van der Waals surface area contributed by atoms with E-state index in [1.165, 1.54) is 6.20 Å². The second-order valence-corrected chi connectivity index (χ2v) is 6.50. The van der Waals surface area contributed by atoms with E-state index in [1.807, 2.05) is 24.3 Å². The van der Waals surface area contributed by atoms with Crippen LogP contribution >= 0.6 is 0 Å². The van der Waals surface area contributed by atoms with Crippen LogP contribution in [0.4, 0.5) is 5.69 Å². The van der Waals surface area contributed by atoms with Gasteiger partial charge in [0.1, 0.15) is 11.4 Å². The summed E-state index contributed by atoms with van der Waals surface area (Å²) < 4.78 is 10.8. The van der Waals surface area contributed by atoms with Crippen LogP contribution in [0.2, 0.25) is 0 Å².